The quantitative estimate of drug-likeness (QED) is 0.357. The standard InChI is InChI=1S/C29H42N4O3/c1-28(2,3)22-17-20(18-23(29(4,5)35)26(22)36-16-8-7-15-34)27-30-24-10-9-21(19-25(24)31-27)33-13-11-32(6)12-14-33/h9-10,15,17-19,27,30-31,35H,7-8,11-14,16H2,1-6H3. The number of anilines is 3. The molecule has 1 unspecified atom stereocenters. The van der Waals surface area contributed by atoms with Gasteiger partial charge in [0.1, 0.15) is 18.2 Å². The molecule has 1 fully saturated rings. The highest BCUT2D eigenvalue weighted by Crippen LogP contribution is 2.44. The Kier molecular flexibility index (Phi) is 7.53. The molecule has 3 N–H and O–H groups in total. The largest absolute Gasteiger partial charge is 0.493 e. The van der Waals surface area contributed by atoms with E-state index in [-0.39, 0.29) is 11.6 Å². The minimum Gasteiger partial charge on any atom is -0.493 e. The van der Waals surface area contributed by atoms with Crippen molar-refractivity contribution < 1.29 is 14.6 Å². The van der Waals surface area contributed by atoms with Gasteiger partial charge in [0.15, 0.2) is 0 Å². The van der Waals surface area contributed by atoms with Crippen molar-refractivity contribution in [1.82, 2.24) is 4.90 Å². The topological polar surface area (TPSA) is 77.1 Å². The predicted octanol–water partition coefficient (Wildman–Crippen LogP) is 4.86. The zero-order valence-corrected chi connectivity index (χ0v) is 22.6. The molecule has 2 aromatic rings. The number of carbonyl (C=O) groups is 1. The Balaban J connectivity index is 1.64. The molecule has 2 aliphatic rings. The van der Waals surface area contributed by atoms with Crippen molar-refractivity contribution in [2.45, 2.75) is 64.6 Å². The molecule has 4 rings (SSSR count). The molecule has 1 saturated heterocycles. The summed E-state index contributed by atoms with van der Waals surface area (Å²) in [4.78, 5) is 15.6. The van der Waals surface area contributed by atoms with Crippen LogP contribution < -0.4 is 20.3 Å². The third-order valence-electron chi connectivity index (χ3n) is 7.10. The summed E-state index contributed by atoms with van der Waals surface area (Å²) < 4.78 is 6.22. The zero-order valence-electron chi connectivity index (χ0n) is 22.6. The van der Waals surface area contributed by atoms with Crippen molar-refractivity contribution in [2.24, 2.45) is 0 Å². The lowest BCUT2D eigenvalue weighted by Gasteiger charge is -2.34. The molecule has 0 aromatic heterocycles. The van der Waals surface area contributed by atoms with E-state index in [0.29, 0.717) is 19.4 Å². The summed E-state index contributed by atoms with van der Waals surface area (Å²) in [5, 5.41) is 18.4. The Hall–Kier alpha value is -2.77. The van der Waals surface area contributed by atoms with Crippen LogP contribution in [0.5, 0.6) is 5.75 Å². The van der Waals surface area contributed by atoms with Crippen molar-refractivity contribution in [3.05, 3.63) is 47.0 Å². The van der Waals surface area contributed by atoms with Crippen LogP contribution in [0.15, 0.2) is 30.3 Å². The molecule has 0 radical (unpaired) electrons. The van der Waals surface area contributed by atoms with Crippen molar-refractivity contribution >= 4 is 23.3 Å². The number of fused-ring (bicyclic) bond motifs is 1. The molecule has 36 heavy (non-hydrogen) atoms. The molecule has 0 spiro atoms. The van der Waals surface area contributed by atoms with Gasteiger partial charge in [0.05, 0.1) is 23.6 Å². The lowest BCUT2D eigenvalue weighted by atomic mass is 9.81. The highest BCUT2D eigenvalue weighted by molar-refractivity contribution is 5.79. The average Bonchev–Trinajstić information content (AvgIpc) is 3.24. The minimum atomic E-state index is -1.09. The number of unbranched alkanes of at least 4 members (excludes halogenated alkanes) is 1. The van der Waals surface area contributed by atoms with Crippen LogP contribution in [0.3, 0.4) is 0 Å². The van der Waals surface area contributed by atoms with Gasteiger partial charge in [0.25, 0.3) is 0 Å². The molecule has 7 heteroatoms. The number of nitrogens with zero attached hydrogens (tertiary/aromatic N) is 2. The molecule has 1 atom stereocenters. The van der Waals surface area contributed by atoms with Gasteiger partial charge in [-0.2, -0.15) is 0 Å². The maximum absolute atomic E-state index is 11.1. The van der Waals surface area contributed by atoms with E-state index >= 15 is 0 Å². The number of ether oxygens (including phenoxy) is 1. The second-order valence-corrected chi connectivity index (χ2v) is 11.7. The van der Waals surface area contributed by atoms with Gasteiger partial charge in [-0.25, -0.2) is 0 Å². The maximum Gasteiger partial charge on any atom is 0.129 e. The normalized spacial score (nSPS) is 18.4. The van der Waals surface area contributed by atoms with Crippen LogP contribution in [-0.2, 0) is 15.8 Å². The average molecular weight is 495 g/mol. The number of nitrogens with one attached hydrogen (secondary N) is 2. The highest BCUT2D eigenvalue weighted by Gasteiger charge is 2.32. The first-order valence-electron chi connectivity index (χ1n) is 13.1. The molecule has 0 aliphatic carbocycles. The van der Waals surface area contributed by atoms with E-state index in [4.69, 9.17) is 4.74 Å². The van der Waals surface area contributed by atoms with Gasteiger partial charge in [0.2, 0.25) is 0 Å². The third-order valence-corrected chi connectivity index (χ3v) is 7.10. The van der Waals surface area contributed by atoms with E-state index in [2.05, 4.69) is 72.5 Å². The fourth-order valence-corrected chi connectivity index (χ4v) is 4.88. The molecule has 196 valence electrons. The Morgan fingerprint density at radius 3 is 2.31 bits per heavy atom. The number of hydrogen-bond donors (Lipinski definition) is 3. The van der Waals surface area contributed by atoms with Crippen molar-refractivity contribution in [1.29, 1.82) is 0 Å². The fraction of sp³-hybridized carbons (Fsp3) is 0.552. The summed E-state index contributed by atoms with van der Waals surface area (Å²) in [6.07, 6.45) is 1.91. The Bertz CT molecular complexity index is 1040. The summed E-state index contributed by atoms with van der Waals surface area (Å²) in [5.41, 5.74) is 4.97. The highest BCUT2D eigenvalue weighted by atomic mass is 16.5. The Morgan fingerprint density at radius 2 is 1.67 bits per heavy atom. The van der Waals surface area contributed by atoms with E-state index < -0.39 is 5.60 Å². The lowest BCUT2D eigenvalue weighted by Crippen LogP contribution is -2.44. The fourth-order valence-electron chi connectivity index (χ4n) is 4.88. The van der Waals surface area contributed by atoms with E-state index in [0.717, 1.165) is 66.3 Å². The summed E-state index contributed by atoms with van der Waals surface area (Å²) in [6, 6.07) is 10.8. The van der Waals surface area contributed by atoms with E-state index in [9.17, 15) is 9.90 Å². The van der Waals surface area contributed by atoms with Crippen LogP contribution in [0.25, 0.3) is 0 Å². The van der Waals surface area contributed by atoms with Gasteiger partial charge in [-0.3, -0.25) is 0 Å². The van der Waals surface area contributed by atoms with Gasteiger partial charge in [-0.1, -0.05) is 20.8 Å². The van der Waals surface area contributed by atoms with Gasteiger partial charge in [-0.15, -0.1) is 0 Å². The summed E-state index contributed by atoms with van der Waals surface area (Å²) in [5.74, 6) is 0.720. The molecule has 2 aromatic carbocycles. The Morgan fingerprint density at radius 1 is 1.00 bits per heavy atom. The van der Waals surface area contributed by atoms with Crippen molar-refractivity contribution in [3.8, 4) is 5.75 Å². The van der Waals surface area contributed by atoms with E-state index in [1.54, 1.807) is 13.8 Å². The maximum atomic E-state index is 11.1. The monoisotopic (exact) mass is 494 g/mol. The van der Waals surface area contributed by atoms with Crippen molar-refractivity contribution in [3.63, 3.8) is 0 Å². The second kappa shape index (κ2) is 10.3. The van der Waals surface area contributed by atoms with Gasteiger partial charge >= 0.3 is 0 Å². The zero-order chi connectivity index (χ0) is 26.1. The number of aliphatic hydroxyl groups is 1. The minimum absolute atomic E-state index is 0.117. The first kappa shape index (κ1) is 26.3. The van der Waals surface area contributed by atoms with Gasteiger partial charge < -0.3 is 35.1 Å². The summed E-state index contributed by atoms with van der Waals surface area (Å²) in [6.45, 7) is 14.7. The molecule has 0 amide bonds. The number of piperazine rings is 1. The van der Waals surface area contributed by atoms with Crippen LogP contribution in [0.1, 0.15) is 70.3 Å². The number of carbonyl (C=O) groups excluding carboxylic acids is 1. The first-order valence-corrected chi connectivity index (χ1v) is 13.1. The van der Waals surface area contributed by atoms with E-state index in [1.807, 2.05) is 6.07 Å². The lowest BCUT2D eigenvalue weighted by molar-refractivity contribution is -0.108. The molecular weight excluding hydrogens is 452 g/mol. The summed E-state index contributed by atoms with van der Waals surface area (Å²) >= 11 is 0. The molecule has 0 bridgehead atoms. The number of likely N-dealkylation sites (N-methyl/N-ethyl adjacent to an activating group) is 1. The van der Waals surface area contributed by atoms with E-state index in [1.165, 1.54) is 5.69 Å². The molecule has 2 heterocycles. The Labute approximate surface area is 215 Å². The van der Waals surface area contributed by atoms with Crippen molar-refractivity contribution in [2.75, 3.05) is 55.4 Å². The third kappa shape index (κ3) is 5.79. The smallest absolute Gasteiger partial charge is 0.129 e. The van der Waals surface area contributed by atoms with Crippen LogP contribution in [0.2, 0.25) is 0 Å². The van der Waals surface area contributed by atoms with Crippen LogP contribution in [0, 0.1) is 0 Å². The molecular formula is C29H42N4O3. The number of benzene rings is 2. The number of aldehydes is 1. The van der Waals surface area contributed by atoms with Gasteiger partial charge in [0, 0.05) is 49.4 Å². The predicted molar refractivity (Wildman–Crippen MR) is 147 cm³/mol. The van der Waals surface area contributed by atoms with Crippen LogP contribution in [0.4, 0.5) is 17.1 Å². The first-order chi connectivity index (χ1) is 17.0. The van der Waals surface area contributed by atoms with Crippen LogP contribution in [-0.4, -0.2) is 56.1 Å². The summed E-state index contributed by atoms with van der Waals surface area (Å²) in [7, 11) is 2.17. The van der Waals surface area contributed by atoms with Gasteiger partial charge in [-0.05, 0) is 68.6 Å². The SMILES string of the molecule is CN1CCN(c2ccc3c(c2)NC(c2cc(C(C)(C)C)c(OCCCC=O)c(C(C)(C)O)c2)N3)CC1. The molecule has 0 saturated carbocycles. The van der Waals surface area contributed by atoms with Crippen LogP contribution >= 0.6 is 0 Å². The number of rotatable bonds is 8. The number of hydrogen-bond acceptors (Lipinski definition) is 7. The molecule has 2 aliphatic heterocycles. The second-order valence-electron chi connectivity index (χ2n) is 11.7. The molecule has 7 nitrogen and oxygen atoms in total.